The molecule has 17 heavy (non-hydrogen) atoms. The van der Waals surface area contributed by atoms with Crippen LogP contribution < -0.4 is 5.32 Å². The quantitative estimate of drug-likeness (QED) is 0.835. The zero-order valence-corrected chi connectivity index (χ0v) is 10.5. The first-order valence-electron chi connectivity index (χ1n) is 5.63. The van der Waals surface area contributed by atoms with Crippen molar-refractivity contribution in [3.63, 3.8) is 0 Å². The molecule has 1 aliphatic carbocycles. The minimum atomic E-state index is -0.957. The molecule has 0 spiro atoms. The van der Waals surface area contributed by atoms with Crippen molar-refractivity contribution in [1.82, 2.24) is 10.3 Å². The summed E-state index contributed by atoms with van der Waals surface area (Å²) in [5.74, 6) is -0.957. The zero-order valence-electron chi connectivity index (χ0n) is 9.68. The van der Waals surface area contributed by atoms with E-state index >= 15 is 0 Å². The highest BCUT2D eigenvalue weighted by Crippen LogP contribution is 2.21. The maximum Gasteiger partial charge on any atom is 0.365 e. The molecular formula is C11H16N2O3S. The van der Waals surface area contributed by atoms with E-state index < -0.39 is 5.97 Å². The fourth-order valence-corrected chi connectivity index (χ4v) is 2.73. The Balaban J connectivity index is 1.80. The fraction of sp³-hybridized carbons (Fsp3) is 0.636. The molecule has 94 valence electrons. The molecule has 1 saturated carbocycles. The first-order chi connectivity index (χ1) is 8.19. The van der Waals surface area contributed by atoms with Gasteiger partial charge in [0.2, 0.25) is 5.01 Å². The Hall–Kier alpha value is -0.980. The van der Waals surface area contributed by atoms with Gasteiger partial charge in [0.25, 0.3) is 0 Å². The number of methoxy groups -OCH3 is 1. The van der Waals surface area contributed by atoms with Crippen LogP contribution in [0.2, 0.25) is 0 Å². The van der Waals surface area contributed by atoms with E-state index in [4.69, 9.17) is 9.84 Å². The largest absolute Gasteiger partial charge is 0.476 e. The molecule has 5 nitrogen and oxygen atoms in total. The first-order valence-corrected chi connectivity index (χ1v) is 6.51. The molecule has 0 amide bonds. The molecule has 0 bridgehead atoms. The molecule has 0 aromatic carbocycles. The molecule has 2 rings (SSSR count). The molecule has 2 atom stereocenters. The summed E-state index contributed by atoms with van der Waals surface area (Å²) in [7, 11) is 1.74. The third-order valence-electron chi connectivity index (χ3n) is 3.02. The van der Waals surface area contributed by atoms with Gasteiger partial charge in [-0.25, -0.2) is 9.78 Å². The first kappa shape index (κ1) is 12.5. The number of hydrogen-bond donors (Lipinski definition) is 2. The summed E-state index contributed by atoms with van der Waals surface area (Å²) < 4.78 is 5.30. The van der Waals surface area contributed by atoms with Gasteiger partial charge in [0.15, 0.2) is 0 Å². The highest BCUT2D eigenvalue weighted by molar-refractivity contribution is 7.11. The molecule has 1 aliphatic rings. The van der Waals surface area contributed by atoms with Crippen LogP contribution in [0.4, 0.5) is 0 Å². The Labute approximate surface area is 104 Å². The number of thiazole rings is 1. The van der Waals surface area contributed by atoms with E-state index in [1.54, 1.807) is 12.5 Å². The SMILES string of the molecule is COC1CCC(NCc2csc(C(=O)O)n2)C1. The molecule has 1 heterocycles. The van der Waals surface area contributed by atoms with Crippen LogP contribution in [-0.4, -0.2) is 35.3 Å². The summed E-state index contributed by atoms with van der Waals surface area (Å²) in [6.45, 7) is 0.630. The number of carboxylic acid groups (broad SMARTS) is 1. The number of aromatic carboxylic acids is 1. The van der Waals surface area contributed by atoms with Crippen LogP contribution in [0.25, 0.3) is 0 Å². The van der Waals surface area contributed by atoms with Crippen LogP contribution in [-0.2, 0) is 11.3 Å². The monoisotopic (exact) mass is 256 g/mol. The van der Waals surface area contributed by atoms with Crippen molar-refractivity contribution in [2.45, 2.75) is 38.0 Å². The summed E-state index contributed by atoms with van der Waals surface area (Å²) in [5.41, 5.74) is 0.799. The summed E-state index contributed by atoms with van der Waals surface area (Å²) >= 11 is 1.17. The molecule has 1 fully saturated rings. The van der Waals surface area contributed by atoms with Gasteiger partial charge in [-0.2, -0.15) is 0 Å². The average molecular weight is 256 g/mol. The van der Waals surface area contributed by atoms with Crippen LogP contribution in [0.15, 0.2) is 5.38 Å². The zero-order chi connectivity index (χ0) is 12.3. The van der Waals surface area contributed by atoms with Crippen molar-refractivity contribution < 1.29 is 14.6 Å². The van der Waals surface area contributed by atoms with Gasteiger partial charge in [0.1, 0.15) is 0 Å². The van der Waals surface area contributed by atoms with Gasteiger partial charge in [0.05, 0.1) is 11.8 Å². The molecule has 2 N–H and O–H groups in total. The Kier molecular flexibility index (Phi) is 4.09. The van der Waals surface area contributed by atoms with Crippen molar-refractivity contribution >= 4 is 17.3 Å². The Morgan fingerprint density at radius 2 is 2.53 bits per heavy atom. The lowest BCUT2D eigenvalue weighted by Crippen LogP contribution is -2.26. The number of nitrogens with zero attached hydrogens (tertiary/aromatic N) is 1. The van der Waals surface area contributed by atoms with Crippen molar-refractivity contribution in [3.8, 4) is 0 Å². The molecule has 6 heteroatoms. The molecule has 1 aromatic rings. The summed E-state index contributed by atoms with van der Waals surface area (Å²) in [5, 5.41) is 14.1. The van der Waals surface area contributed by atoms with Crippen molar-refractivity contribution in [2.24, 2.45) is 0 Å². The van der Waals surface area contributed by atoms with E-state index in [2.05, 4.69) is 10.3 Å². The third-order valence-corrected chi connectivity index (χ3v) is 3.90. The maximum absolute atomic E-state index is 10.7. The lowest BCUT2D eigenvalue weighted by atomic mass is 10.2. The van der Waals surface area contributed by atoms with Gasteiger partial charge in [-0.3, -0.25) is 0 Å². The number of carboxylic acids is 1. The molecule has 0 radical (unpaired) electrons. The van der Waals surface area contributed by atoms with Gasteiger partial charge in [-0.1, -0.05) is 0 Å². The average Bonchev–Trinajstić information content (AvgIpc) is 2.95. The summed E-state index contributed by atoms with van der Waals surface area (Å²) in [4.78, 5) is 14.7. The highest BCUT2D eigenvalue weighted by Gasteiger charge is 2.24. The lowest BCUT2D eigenvalue weighted by Gasteiger charge is -2.11. The van der Waals surface area contributed by atoms with Crippen LogP contribution in [0.1, 0.15) is 34.8 Å². The lowest BCUT2D eigenvalue weighted by molar-refractivity contribution is 0.0696. The predicted octanol–water partition coefficient (Wildman–Crippen LogP) is 1.50. The van der Waals surface area contributed by atoms with Crippen molar-refractivity contribution in [2.75, 3.05) is 7.11 Å². The van der Waals surface area contributed by atoms with Crippen LogP contribution in [0.5, 0.6) is 0 Å². The predicted molar refractivity (Wildman–Crippen MR) is 64.3 cm³/mol. The van der Waals surface area contributed by atoms with Crippen LogP contribution in [0.3, 0.4) is 0 Å². The van der Waals surface area contributed by atoms with Crippen LogP contribution >= 0.6 is 11.3 Å². The maximum atomic E-state index is 10.7. The van der Waals surface area contributed by atoms with Gasteiger partial charge < -0.3 is 15.2 Å². The molecule has 1 aromatic heterocycles. The molecule has 2 unspecified atom stereocenters. The second kappa shape index (κ2) is 5.57. The molecule has 0 saturated heterocycles. The van der Waals surface area contributed by atoms with E-state index in [0.29, 0.717) is 18.7 Å². The van der Waals surface area contributed by atoms with E-state index in [9.17, 15) is 4.79 Å². The van der Waals surface area contributed by atoms with Crippen molar-refractivity contribution in [1.29, 1.82) is 0 Å². The normalized spacial score (nSPS) is 24.1. The number of carbonyl (C=O) groups is 1. The number of hydrogen-bond acceptors (Lipinski definition) is 5. The summed E-state index contributed by atoms with van der Waals surface area (Å²) in [6.07, 6.45) is 3.57. The Morgan fingerprint density at radius 3 is 3.12 bits per heavy atom. The Bertz CT molecular complexity index is 394. The number of rotatable bonds is 5. The standard InChI is InChI=1S/C11H16N2O3S/c1-16-9-3-2-7(4-9)12-5-8-6-17-10(13-8)11(14)15/h6-7,9,12H,2-5H2,1H3,(H,14,15). The van der Waals surface area contributed by atoms with Gasteiger partial charge in [0, 0.05) is 25.1 Å². The van der Waals surface area contributed by atoms with Gasteiger partial charge >= 0.3 is 5.97 Å². The topological polar surface area (TPSA) is 71.5 Å². The number of ether oxygens (including phenoxy) is 1. The second-order valence-corrected chi connectivity index (χ2v) is 5.06. The van der Waals surface area contributed by atoms with Gasteiger partial charge in [-0.15, -0.1) is 11.3 Å². The third kappa shape index (κ3) is 3.24. The van der Waals surface area contributed by atoms with E-state index in [-0.39, 0.29) is 5.01 Å². The summed E-state index contributed by atoms with van der Waals surface area (Å²) in [6, 6.07) is 0.454. The van der Waals surface area contributed by atoms with Crippen LogP contribution in [0, 0.1) is 0 Å². The van der Waals surface area contributed by atoms with E-state index in [0.717, 1.165) is 25.0 Å². The minimum Gasteiger partial charge on any atom is -0.476 e. The molecule has 0 aliphatic heterocycles. The number of nitrogens with one attached hydrogen (secondary N) is 1. The smallest absolute Gasteiger partial charge is 0.365 e. The number of aromatic nitrogens is 1. The van der Waals surface area contributed by atoms with Crippen molar-refractivity contribution in [3.05, 3.63) is 16.1 Å². The minimum absolute atomic E-state index is 0.156. The molecular weight excluding hydrogens is 240 g/mol. The Morgan fingerprint density at radius 1 is 1.71 bits per heavy atom. The van der Waals surface area contributed by atoms with E-state index in [1.807, 2.05) is 0 Å². The second-order valence-electron chi connectivity index (χ2n) is 4.20. The highest BCUT2D eigenvalue weighted by atomic mass is 32.1. The fourth-order valence-electron chi connectivity index (χ4n) is 2.07. The van der Waals surface area contributed by atoms with Gasteiger partial charge in [-0.05, 0) is 19.3 Å². The van der Waals surface area contributed by atoms with E-state index in [1.165, 1.54) is 11.3 Å².